The standard InChI is InChI=1S/C20H23N5O2S/c1-2-6-14-11-18(26)23-20(21-14)25-17(22-19(27)13-7-3-4-8-13)12-15(24-25)16-9-5-10-28-16/h5,9-13H,2-4,6-8H2,1H3,(H,22,27)(H,21,23,26). The maximum Gasteiger partial charge on any atom is 0.252 e. The number of aromatic nitrogens is 4. The molecule has 1 amide bonds. The number of carbonyl (C=O) groups excluding carboxylic acids is 1. The van der Waals surface area contributed by atoms with E-state index in [2.05, 4.69) is 20.4 Å². The number of hydrogen-bond acceptors (Lipinski definition) is 5. The molecule has 0 saturated heterocycles. The number of rotatable bonds is 6. The Hall–Kier alpha value is -2.74. The largest absolute Gasteiger partial charge is 0.310 e. The number of nitrogens with one attached hydrogen (secondary N) is 2. The van der Waals surface area contributed by atoms with Crippen LogP contribution in [0.3, 0.4) is 0 Å². The predicted octanol–water partition coefficient (Wildman–Crippen LogP) is 3.77. The molecule has 8 heteroatoms. The summed E-state index contributed by atoms with van der Waals surface area (Å²) in [5.41, 5.74) is 1.22. The average molecular weight is 398 g/mol. The topological polar surface area (TPSA) is 92.7 Å². The van der Waals surface area contributed by atoms with Crippen molar-refractivity contribution in [2.24, 2.45) is 5.92 Å². The number of amides is 1. The normalized spacial score (nSPS) is 14.5. The monoisotopic (exact) mass is 397 g/mol. The lowest BCUT2D eigenvalue weighted by atomic mass is 10.1. The minimum absolute atomic E-state index is 0.00318. The Morgan fingerprint density at radius 3 is 2.89 bits per heavy atom. The summed E-state index contributed by atoms with van der Waals surface area (Å²) >= 11 is 1.57. The molecule has 4 rings (SSSR count). The highest BCUT2D eigenvalue weighted by atomic mass is 32.1. The third-order valence-corrected chi connectivity index (χ3v) is 5.84. The van der Waals surface area contributed by atoms with Crippen LogP contribution in [0.4, 0.5) is 5.82 Å². The molecule has 0 aromatic carbocycles. The number of carbonyl (C=O) groups is 1. The summed E-state index contributed by atoms with van der Waals surface area (Å²) in [4.78, 5) is 33.1. The van der Waals surface area contributed by atoms with Gasteiger partial charge < -0.3 is 5.32 Å². The molecule has 7 nitrogen and oxygen atoms in total. The van der Waals surface area contributed by atoms with Crippen molar-refractivity contribution in [2.75, 3.05) is 5.32 Å². The van der Waals surface area contributed by atoms with Gasteiger partial charge in [-0.15, -0.1) is 11.3 Å². The maximum absolute atomic E-state index is 12.7. The van der Waals surface area contributed by atoms with Gasteiger partial charge in [-0.1, -0.05) is 32.3 Å². The molecule has 0 unspecified atom stereocenters. The molecule has 0 aliphatic heterocycles. The summed E-state index contributed by atoms with van der Waals surface area (Å²) in [6.45, 7) is 2.04. The van der Waals surface area contributed by atoms with Gasteiger partial charge in [-0.3, -0.25) is 14.6 Å². The van der Waals surface area contributed by atoms with Crippen LogP contribution in [0.25, 0.3) is 16.5 Å². The van der Waals surface area contributed by atoms with E-state index in [4.69, 9.17) is 0 Å². The fourth-order valence-electron chi connectivity index (χ4n) is 3.57. The van der Waals surface area contributed by atoms with Crippen molar-refractivity contribution in [1.29, 1.82) is 0 Å². The SMILES string of the molecule is CCCc1cc(=O)[nH]c(-n2nc(-c3cccs3)cc2NC(=O)C2CCCC2)n1. The average Bonchev–Trinajstić information content (AvgIpc) is 3.42. The van der Waals surface area contributed by atoms with Crippen molar-refractivity contribution in [3.8, 4) is 16.5 Å². The molecule has 1 saturated carbocycles. The van der Waals surface area contributed by atoms with Gasteiger partial charge in [0.15, 0.2) is 0 Å². The highest BCUT2D eigenvalue weighted by Gasteiger charge is 2.24. The van der Waals surface area contributed by atoms with Crippen molar-refractivity contribution in [3.63, 3.8) is 0 Å². The van der Waals surface area contributed by atoms with Crippen LogP contribution in [0.15, 0.2) is 34.4 Å². The number of aromatic amines is 1. The van der Waals surface area contributed by atoms with E-state index in [9.17, 15) is 9.59 Å². The van der Waals surface area contributed by atoms with E-state index in [0.717, 1.165) is 42.7 Å². The van der Waals surface area contributed by atoms with E-state index in [1.165, 1.54) is 10.7 Å². The van der Waals surface area contributed by atoms with Crippen molar-refractivity contribution >= 4 is 23.1 Å². The molecule has 3 aromatic rings. The van der Waals surface area contributed by atoms with E-state index >= 15 is 0 Å². The van der Waals surface area contributed by atoms with Crippen LogP contribution < -0.4 is 10.9 Å². The first-order chi connectivity index (χ1) is 13.6. The van der Waals surface area contributed by atoms with Gasteiger partial charge in [-0.05, 0) is 30.7 Å². The molecule has 2 N–H and O–H groups in total. The Morgan fingerprint density at radius 1 is 1.36 bits per heavy atom. The van der Waals surface area contributed by atoms with Crippen molar-refractivity contribution in [3.05, 3.63) is 45.7 Å². The zero-order valence-electron chi connectivity index (χ0n) is 15.8. The lowest BCUT2D eigenvalue weighted by Gasteiger charge is -2.12. The minimum Gasteiger partial charge on any atom is -0.310 e. The lowest BCUT2D eigenvalue weighted by molar-refractivity contribution is -0.119. The molecule has 0 bridgehead atoms. The quantitative estimate of drug-likeness (QED) is 0.662. The number of H-pyrrole nitrogens is 1. The van der Waals surface area contributed by atoms with Crippen LogP contribution in [0.5, 0.6) is 0 Å². The van der Waals surface area contributed by atoms with Gasteiger partial charge in [0.1, 0.15) is 11.5 Å². The molecular weight excluding hydrogens is 374 g/mol. The van der Waals surface area contributed by atoms with Crippen molar-refractivity contribution in [2.45, 2.75) is 45.4 Å². The predicted molar refractivity (Wildman–Crippen MR) is 110 cm³/mol. The second-order valence-electron chi connectivity index (χ2n) is 7.08. The minimum atomic E-state index is -0.227. The summed E-state index contributed by atoms with van der Waals surface area (Å²) < 4.78 is 1.53. The highest BCUT2D eigenvalue weighted by molar-refractivity contribution is 7.13. The van der Waals surface area contributed by atoms with Crippen molar-refractivity contribution in [1.82, 2.24) is 19.7 Å². The van der Waals surface area contributed by atoms with Crippen LogP contribution >= 0.6 is 11.3 Å². The molecule has 1 fully saturated rings. The Kier molecular flexibility index (Phi) is 5.38. The van der Waals surface area contributed by atoms with Gasteiger partial charge in [0.2, 0.25) is 11.9 Å². The number of hydrogen-bond donors (Lipinski definition) is 2. The van der Waals surface area contributed by atoms with E-state index < -0.39 is 0 Å². The molecule has 146 valence electrons. The highest BCUT2D eigenvalue weighted by Crippen LogP contribution is 2.29. The van der Waals surface area contributed by atoms with Crippen LogP contribution in [0.1, 0.15) is 44.7 Å². The number of nitrogens with zero attached hydrogens (tertiary/aromatic N) is 3. The second-order valence-corrected chi connectivity index (χ2v) is 8.03. The fourth-order valence-corrected chi connectivity index (χ4v) is 4.25. The van der Waals surface area contributed by atoms with Crippen LogP contribution in [0, 0.1) is 5.92 Å². The van der Waals surface area contributed by atoms with Gasteiger partial charge in [0.05, 0.1) is 4.88 Å². The molecular formula is C20H23N5O2S. The lowest BCUT2D eigenvalue weighted by Crippen LogP contribution is -2.23. The van der Waals surface area contributed by atoms with Gasteiger partial charge in [-0.25, -0.2) is 4.98 Å². The van der Waals surface area contributed by atoms with E-state index in [0.29, 0.717) is 23.9 Å². The summed E-state index contributed by atoms with van der Waals surface area (Å²) in [5.74, 6) is 0.882. The zero-order chi connectivity index (χ0) is 19.5. The van der Waals surface area contributed by atoms with E-state index in [-0.39, 0.29) is 17.4 Å². The van der Waals surface area contributed by atoms with Crippen molar-refractivity contribution < 1.29 is 4.79 Å². The fraction of sp³-hybridized carbons (Fsp3) is 0.400. The number of thiophene rings is 1. The smallest absolute Gasteiger partial charge is 0.252 e. The van der Waals surface area contributed by atoms with Gasteiger partial charge in [0, 0.05) is 23.7 Å². The molecule has 3 aromatic heterocycles. The molecule has 0 radical (unpaired) electrons. The maximum atomic E-state index is 12.7. The van der Waals surface area contributed by atoms with Gasteiger partial charge in [-0.2, -0.15) is 9.78 Å². The van der Waals surface area contributed by atoms with Gasteiger partial charge >= 0.3 is 0 Å². The first-order valence-corrected chi connectivity index (χ1v) is 10.6. The van der Waals surface area contributed by atoms with Crippen LogP contribution in [-0.4, -0.2) is 25.7 Å². The Bertz CT molecular complexity index is 1020. The Balaban J connectivity index is 1.74. The number of anilines is 1. The Labute approximate surface area is 166 Å². The summed E-state index contributed by atoms with van der Waals surface area (Å²) in [6, 6.07) is 7.28. The van der Waals surface area contributed by atoms with Crippen LogP contribution in [0.2, 0.25) is 0 Å². The zero-order valence-corrected chi connectivity index (χ0v) is 16.6. The second kappa shape index (κ2) is 8.10. The summed E-state index contributed by atoms with van der Waals surface area (Å²) in [6.07, 6.45) is 5.61. The van der Waals surface area contributed by atoms with E-state index in [1.807, 2.05) is 30.5 Å². The van der Waals surface area contributed by atoms with E-state index in [1.54, 1.807) is 11.3 Å². The first-order valence-electron chi connectivity index (χ1n) is 9.69. The summed E-state index contributed by atoms with van der Waals surface area (Å²) in [7, 11) is 0. The third-order valence-electron chi connectivity index (χ3n) is 4.95. The molecule has 0 atom stereocenters. The third kappa shape index (κ3) is 3.91. The molecule has 1 aliphatic rings. The number of aryl methyl sites for hydroxylation is 1. The Morgan fingerprint density at radius 2 is 2.18 bits per heavy atom. The van der Waals surface area contributed by atoms with Gasteiger partial charge in [0.25, 0.3) is 5.56 Å². The summed E-state index contributed by atoms with van der Waals surface area (Å²) in [5, 5.41) is 9.61. The molecule has 28 heavy (non-hydrogen) atoms. The molecule has 0 spiro atoms. The van der Waals surface area contributed by atoms with Crippen LogP contribution in [-0.2, 0) is 11.2 Å². The molecule has 3 heterocycles. The first kappa shape index (κ1) is 18.6. The molecule has 1 aliphatic carbocycles.